The summed E-state index contributed by atoms with van der Waals surface area (Å²) >= 11 is 6.03. The molecule has 7 heteroatoms. The molecule has 2 fully saturated rings. The number of benzene rings is 1. The van der Waals surface area contributed by atoms with E-state index in [1.807, 2.05) is 18.2 Å². The number of carbonyl (C=O) groups excluding carboxylic acids is 2. The van der Waals surface area contributed by atoms with Crippen LogP contribution in [0.25, 0.3) is 0 Å². The van der Waals surface area contributed by atoms with E-state index >= 15 is 0 Å². The fourth-order valence-electron chi connectivity index (χ4n) is 3.66. The lowest BCUT2D eigenvalue weighted by Gasteiger charge is -2.34. The molecule has 3 amide bonds. The van der Waals surface area contributed by atoms with Crippen LogP contribution in [0.3, 0.4) is 0 Å². The van der Waals surface area contributed by atoms with Crippen molar-refractivity contribution in [3.05, 3.63) is 34.9 Å². The number of hydrogen-bond acceptors (Lipinski definition) is 4. The average molecular weight is 379 g/mol. The van der Waals surface area contributed by atoms with Crippen LogP contribution in [-0.4, -0.2) is 60.5 Å². The Morgan fingerprint density at radius 2 is 1.77 bits per heavy atom. The van der Waals surface area contributed by atoms with Crippen LogP contribution < -0.4 is 10.6 Å². The minimum absolute atomic E-state index is 0.220. The lowest BCUT2D eigenvalue weighted by atomic mass is 10.2. The van der Waals surface area contributed by atoms with Gasteiger partial charge < -0.3 is 5.32 Å². The molecular weight excluding hydrogens is 352 g/mol. The lowest BCUT2D eigenvalue weighted by molar-refractivity contribution is -0.121. The number of halogens is 1. The van der Waals surface area contributed by atoms with Gasteiger partial charge in [-0.2, -0.15) is 0 Å². The molecule has 0 bridgehead atoms. The minimum atomic E-state index is -0.360. The molecule has 0 spiro atoms. The van der Waals surface area contributed by atoms with E-state index in [4.69, 9.17) is 11.6 Å². The Hall–Kier alpha value is -1.63. The van der Waals surface area contributed by atoms with Crippen LogP contribution in [-0.2, 0) is 11.3 Å². The summed E-state index contributed by atoms with van der Waals surface area (Å²) in [7, 11) is 0. The Morgan fingerprint density at radius 1 is 1.08 bits per heavy atom. The number of amides is 3. The molecule has 1 heterocycles. The van der Waals surface area contributed by atoms with Crippen molar-refractivity contribution in [2.24, 2.45) is 0 Å². The Kier molecular flexibility index (Phi) is 6.88. The Labute approximate surface area is 159 Å². The van der Waals surface area contributed by atoms with Gasteiger partial charge in [-0.3, -0.25) is 19.9 Å². The number of hydrogen-bond donors (Lipinski definition) is 2. The molecule has 2 N–H and O–H groups in total. The van der Waals surface area contributed by atoms with Crippen molar-refractivity contribution in [1.29, 1.82) is 0 Å². The highest BCUT2D eigenvalue weighted by Gasteiger charge is 2.21. The summed E-state index contributed by atoms with van der Waals surface area (Å²) in [4.78, 5) is 28.4. The highest BCUT2D eigenvalue weighted by atomic mass is 35.5. The maximum atomic E-state index is 12.1. The highest BCUT2D eigenvalue weighted by molar-refractivity contribution is 6.30. The average Bonchev–Trinajstić information content (AvgIpc) is 3.09. The van der Waals surface area contributed by atoms with Gasteiger partial charge in [0.15, 0.2) is 0 Å². The normalized spacial score (nSPS) is 19.4. The zero-order valence-electron chi connectivity index (χ0n) is 15.0. The monoisotopic (exact) mass is 378 g/mol. The van der Waals surface area contributed by atoms with Crippen molar-refractivity contribution in [2.45, 2.75) is 38.3 Å². The molecule has 0 atom stereocenters. The molecule has 2 aliphatic rings. The second-order valence-electron chi connectivity index (χ2n) is 7.19. The van der Waals surface area contributed by atoms with Gasteiger partial charge in [0.1, 0.15) is 0 Å². The van der Waals surface area contributed by atoms with Crippen LogP contribution in [0, 0.1) is 0 Å². The number of rotatable bonds is 5. The first kappa shape index (κ1) is 19.1. The summed E-state index contributed by atoms with van der Waals surface area (Å²) in [6.45, 7) is 4.56. The molecule has 0 radical (unpaired) electrons. The van der Waals surface area contributed by atoms with Gasteiger partial charge in [0.2, 0.25) is 5.91 Å². The van der Waals surface area contributed by atoms with E-state index in [0.29, 0.717) is 0 Å². The third-order valence-electron chi connectivity index (χ3n) is 5.07. The SMILES string of the molecule is O=C(CN1CCN(Cc2cccc(Cl)c2)CC1)NC(=O)NC1CCCC1. The smallest absolute Gasteiger partial charge is 0.321 e. The van der Waals surface area contributed by atoms with Gasteiger partial charge in [-0.1, -0.05) is 36.6 Å². The van der Waals surface area contributed by atoms with Crippen molar-refractivity contribution >= 4 is 23.5 Å². The van der Waals surface area contributed by atoms with Crippen molar-refractivity contribution in [3.63, 3.8) is 0 Å². The lowest BCUT2D eigenvalue weighted by Crippen LogP contribution is -2.51. The molecule has 1 aliphatic carbocycles. The second kappa shape index (κ2) is 9.35. The maximum Gasteiger partial charge on any atom is 0.321 e. The molecule has 1 saturated heterocycles. The highest BCUT2D eigenvalue weighted by Crippen LogP contribution is 2.17. The van der Waals surface area contributed by atoms with Gasteiger partial charge >= 0.3 is 6.03 Å². The quantitative estimate of drug-likeness (QED) is 0.824. The fourth-order valence-corrected chi connectivity index (χ4v) is 3.87. The standard InChI is InChI=1S/C19H27ClN4O2/c20-16-5-3-4-15(12-16)13-23-8-10-24(11-9-23)14-18(25)22-19(26)21-17-6-1-2-7-17/h3-5,12,17H,1-2,6-11,13-14H2,(H2,21,22,25,26). The topological polar surface area (TPSA) is 64.7 Å². The molecule has 1 aromatic carbocycles. The van der Waals surface area contributed by atoms with Crippen LogP contribution in [0.2, 0.25) is 5.02 Å². The molecule has 1 saturated carbocycles. The third kappa shape index (κ3) is 5.97. The fraction of sp³-hybridized carbons (Fsp3) is 0.579. The molecular formula is C19H27ClN4O2. The summed E-state index contributed by atoms with van der Waals surface area (Å²) in [6, 6.07) is 7.78. The summed E-state index contributed by atoms with van der Waals surface area (Å²) in [5, 5.41) is 6.09. The van der Waals surface area contributed by atoms with Crippen LogP contribution in [0.15, 0.2) is 24.3 Å². The van der Waals surface area contributed by atoms with E-state index in [1.54, 1.807) is 0 Å². The Bertz CT molecular complexity index is 626. The van der Waals surface area contributed by atoms with E-state index in [1.165, 1.54) is 5.56 Å². The Morgan fingerprint density at radius 3 is 2.46 bits per heavy atom. The van der Waals surface area contributed by atoms with Gasteiger partial charge in [-0.05, 0) is 30.5 Å². The summed E-state index contributed by atoms with van der Waals surface area (Å²) < 4.78 is 0. The number of imide groups is 1. The molecule has 0 aromatic heterocycles. The number of nitrogens with one attached hydrogen (secondary N) is 2. The van der Waals surface area contributed by atoms with E-state index in [2.05, 4.69) is 26.5 Å². The second-order valence-corrected chi connectivity index (χ2v) is 7.62. The van der Waals surface area contributed by atoms with Crippen molar-refractivity contribution in [2.75, 3.05) is 32.7 Å². The molecule has 3 rings (SSSR count). The predicted octanol–water partition coefficient (Wildman–Crippen LogP) is 2.23. The van der Waals surface area contributed by atoms with E-state index in [0.717, 1.165) is 63.4 Å². The molecule has 26 heavy (non-hydrogen) atoms. The van der Waals surface area contributed by atoms with Gasteiger partial charge in [-0.15, -0.1) is 0 Å². The van der Waals surface area contributed by atoms with E-state index < -0.39 is 0 Å². The zero-order chi connectivity index (χ0) is 18.4. The summed E-state index contributed by atoms with van der Waals surface area (Å²) in [5.41, 5.74) is 1.20. The van der Waals surface area contributed by atoms with Gasteiger partial charge in [-0.25, -0.2) is 4.79 Å². The maximum absolute atomic E-state index is 12.1. The largest absolute Gasteiger partial charge is 0.335 e. The first-order valence-corrected chi connectivity index (χ1v) is 9.76. The van der Waals surface area contributed by atoms with Crippen molar-refractivity contribution in [3.8, 4) is 0 Å². The number of carbonyl (C=O) groups is 2. The first-order valence-electron chi connectivity index (χ1n) is 9.38. The molecule has 0 unspecified atom stereocenters. The van der Waals surface area contributed by atoms with Crippen molar-refractivity contribution in [1.82, 2.24) is 20.4 Å². The van der Waals surface area contributed by atoms with Gasteiger partial charge in [0.05, 0.1) is 6.54 Å². The molecule has 142 valence electrons. The number of piperazine rings is 1. The van der Waals surface area contributed by atoms with Crippen LogP contribution in [0.1, 0.15) is 31.2 Å². The third-order valence-corrected chi connectivity index (χ3v) is 5.31. The van der Waals surface area contributed by atoms with Crippen molar-refractivity contribution < 1.29 is 9.59 Å². The summed E-state index contributed by atoms with van der Waals surface area (Å²) in [5.74, 6) is -0.233. The predicted molar refractivity (Wildman–Crippen MR) is 102 cm³/mol. The summed E-state index contributed by atoms with van der Waals surface area (Å²) in [6.07, 6.45) is 4.32. The van der Waals surface area contributed by atoms with Crippen LogP contribution in [0.5, 0.6) is 0 Å². The van der Waals surface area contributed by atoms with Gasteiger partial charge in [0.25, 0.3) is 0 Å². The zero-order valence-corrected chi connectivity index (χ0v) is 15.8. The van der Waals surface area contributed by atoms with Crippen LogP contribution >= 0.6 is 11.6 Å². The van der Waals surface area contributed by atoms with Crippen LogP contribution in [0.4, 0.5) is 4.79 Å². The molecule has 6 nitrogen and oxygen atoms in total. The van der Waals surface area contributed by atoms with E-state index in [-0.39, 0.29) is 24.5 Å². The van der Waals surface area contributed by atoms with Gasteiger partial charge in [0, 0.05) is 43.8 Å². The molecule has 1 aliphatic heterocycles. The molecule has 1 aromatic rings. The number of nitrogens with zero attached hydrogens (tertiary/aromatic N) is 2. The Balaban J connectivity index is 1.35. The first-order chi connectivity index (χ1) is 12.6. The minimum Gasteiger partial charge on any atom is -0.335 e. The number of urea groups is 1. The van der Waals surface area contributed by atoms with E-state index in [9.17, 15) is 9.59 Å².